The fourth-order valence-electron chi connectivity index (χ4n) is 1.83. The molecule has 0 aliphatic carbocycles. The SMILES string of the molecule is Cc1ccc(S(=O)(=O)NNS(=O)(=O)c2ccc(C)c(C)c2)cc1. The molecule has 0 spiro atoms. The van der Waals surface area contributed by atoms with Gasteiger partial charge in [-0.2, -0.15) is 0 Å². The molecule has 0 atom stereocenters. The minimum atomic E-state index is -3.99. The van der Waals surface area contributed by atoms with Gasteiger partial charge in [0.1, 0.15) is 0 Å². The summed E-state index contributed by atoms with van der Waals surface area (Å²) in [5.74, 6) is 0. The molecule has 124 valence electrons. The van der Waals surface area contributed by atoms with Crippen molar-refractivity contribution >= 4 is 20.0 Å². The summed E-state index contributed by atoms with van der Waals surface area (Å²) in [6.07, 6.45) is 0. The van der Waals surface area contributed by atoms with Gasteiger partial charge >= 0.3 is 0 Å². The molecule has 2 rings (SSSR count). The van der Waals surface area contributed by atoms with Crippen molar-refractivity contribution in [2.24, 2.45) is 0 Å². The van der Waals surface area contributed by atoms with Crippen LogP contribution in [-0.2, 0) is 20.0 Å². The highest BCUT2D eigenvalue weighted by Crippen LogP contribution is 2.15. The van der Waals surface area contributed by atoms with Crippen LogP contribution in [0.25, 0.3) is 0 Å². The van der Waals surface area contributed by atoms with Gasteiger partial charge in [-0.15, -0.1) is 9.66 Å². The Morgan fingerprint density at radius 1 is 0.652 bits per heavy atom. The molecule has 23 heavy (non-hydrogen) atoms. The van der Waals surface area contributed by atoms with Gasteiger partial charge in [0.25, 0.3) is 20.0 Å². The number of nitrogens with one attached hydrogen (secondary N) is 2. The first-order chi connectivity index (χ1) is 10.6. The van der Waals surface area contributed by atoms with E-state index < -0.39 is 20.0 Å². The first kappa shape index (κ1) is 17.6. The van der Waals surface area contributed by atoms with Crippen molar-refractivity contribution in [3.8, 4) is 0 Å². The van der Waals surface area contributed by atoms with Gasteiger partial charge in [0.15, 0.2) is 0 Å². The average molecular weight is 354 g/mol. The molecule has 2 aromatic carbocycles. The average Bonchev–Trinajstić information content (AvgIpc) is 2.48. The van der Waals surface area contributed by atoms with E-state index in [1.54, 1.807) is 25.1 Å². The van der Waals surface area contributed by atoms with Gasteiger partial charge in [0, 0.05) is 0 Å². The second-order valence-electron chi connectivity index (χ2n) is 5.27. The Labute approximate surface area is 136 Å². The zero-order valence-electron chi connectivity index (χ0n) is 13.0. The summed E-state index contributed by atoms with van der Waals surface area (Å²) < 4.78 is 48.6. The third-order valence-corrected chi connectivity index (χ3v) is 6.07. The first-order valence-corrected chi connectivity index (χ1v) is 9.76. The van der Waals surface area contributed by atoms with E-state index in [0.717, 1.165) is 16.7 Å². The van der Waals surface area contributed by atoms with Crippen molar-refractivity contribution in [3.63, 3.8) is 0 Å². The van der Waals surface area contributed by atoms with Crippen molar-refractivity contribution in [3.05, 3.63) is 59.2 Å². The van der Waals surface area contributed by atoms with E-state index >= 15 is 0 Å². The summed E-state index contributed by atoms with van der Waals surface area (Å²) in [5.41, 5.74) is 2.65. The highest BCUT2D eigenvalue weighted by atomic mass is 32.2. The summed E-state index contributed by atoms with van der Waals surface area (Å²) in [7, 11) is -7.97. The van der Waals surface area contributed by atoms with E-state index in [0.29, 0.717) is 0 Å². The lowest BCUT2D eigenvalue weighted by atomic mass is 10.1. The largest absolute Gasteiger partial charge is 0.254 e. The molecule has 0 unspecified atom stereocenters. The van der Waals surface area contributed by atoms with Crippen LogP contribution in [0.1, 0.15) is 16.7 Å². The fourth-order valence-corrected chi connectivity index (χ4v) is 4.01. The van der Waals surface area contributed by atoms with Crippen molar-refractivity contribution < 1.29 is 16.8 Å². The summed E-state index contributed by atoms with van der Waals surface area (Å²) in [4.78, 5) is 3.78. The van der Waals surface area contributed by atoms with Gasteiger partial charge in [0.05, 0.1) is 9.79 Å². The topological polar surface area (TPSA) is 92.3 Å². The molecule has 0 fully saturated rings. The van der Waals surface area contributed by atoms with Gasteiger partial charge in [0.2, 0.25) is 0 Å². The fraction of sp³-hybridized carbons (Fsp3) is 0.200. The Hall–Kier alpha value is -1.74. The van der Waals surface area contributed by atoms with Crippen molar-refractivity contribution in [1.82, 2.24) is 9.66 Å². The Morgan fingerprint density at radius 2 is 1.13 bits per heavy atom. The predicted octanol–water partition coefficient (Wildman–Crippen LogP) is 1.78. The molecule has 2 aromatic rings. The molecular formula is C15H18N2O4S2. The van der Waals surface area contributed by atoms with Gasteiger partial charge in [-0.1, -0.05) is 23.8 Å². The molecular weight excluding hydrogens is 336 g/mol. The van der Waals surface area contributed by atoms with Gasteiger partial charge in [-0.25, -0.2) is 16.8 Å². The summed E-state index contributed by atoms with van der Waals surface area (Å²) >= 11 is 0. The van der Waals surface area contributed by atoms with Gasteiger partial charge in [-0.05, 0) is 56.2 Å². The minimum absolute atomic E-state index is 0.00722. The standard InChI is InChI=1S/C15H18N2O4S2/c1-11-4-7-14(8-5-11)22(18,19)16-17-23(20,21)15-9-6-12(2)13(3)10-15/h4-10,16-17H,1-3H3. The zero-order chi connectivity index (χ0) is 17.3. The summed E-state index contributed by atoms with van der Waals surface area (Å²) in [6.45, 7) is 5.47. The lowest BCUT2D eigenvalue weighted by Gasteiger charge is -2.10. The molecule has 0 bridgehead atoms. The predicted molar refractivity (Wildman–Crippen MR) is 87.7 cm³/mol. The van der Waals surface area contributed by atoms with Gasteiger partial charge in [-0.3, -0.25) is 0 Å². The van der Waals surface area contributed by atoms with E-state index in [-0.39, 0.29) is 9.79 Å². The molecule has 0 aliphatic rings. The highest BCUT2D eigenvalue weighted by molar-refractivity contribution is 7.92. The smallest absolute Gasteiger partial charge is 0.206 e. The number of sulfonamides is 2. The lowest BCUT2D eigenvalue weighted by Crippen LogP contribution is -2.41. The van der Waals surface area contributed by atoms with Crippen LogP contribution in [0.5, 0.6) is 0 Å². The highest BCUT2D eigenvalue weighted by Gasteiger charge is 2.20. The zero-order valence-corrected chi connectivity index (χ0v) is 14.6. The van der Waals surface area contributed by atoms with Crippen LogP contribution in [-0.4, -0.2) is 16.8 Å². The Bertz CT molecular complexity index is 918. The maximum atomic E-state index is 12.2. The Balaban J connectivity index is 2.21. The van der Waals surface area contributed by atoms with Crippen LogP contribution in [0.2, 0.25) is 0 Å². The maximum Gasteiger partial charge on any atom is 0.254 e. The molecule has 6 nitrogen and oxygen atoms in total. The number of hydrazine groups is 1. The molecule has 0 heterocycles. The molecule has 0 amide bonds. The third kappa shape index (κ3) is 4.17. The number of benzene rings is 2. The van der Waals surface area contributed by atoms with E-state index in [9.17, 15) is 16.8 Å². The molecule has 0 saturated heterocycles. The van der Waals surface area contributed by atoms with E-state index in [1.165, 1.54) is 24.3 Å². The number of rotatable bonds is 5. The quantitative estimate of drug-likeness (QED) is 0.801. The lowest BCUT2D eigenvalue weighted by molar-refractivity contribution is 0.557. The Morgan fingerprint density at radius 3 is 1.65 bits per heavy atom. The van der Waals surface area contributed by atoms with Crippen LogP contribution in [0.15, 0.2) is 52.3 Å². The second kappa shape index (κ2) is 6.40. The molecule has 8 heteroatoms. The summed E-state index contributed by atoms with van der Waals surface area (Å²) in [6, 6.07) is 10.6. The van der Waals surface area contributed by atoms with Crippen LogP contribution in [0.3, 0.4) is 0 Å². The molecule has 0 aliphatic heterocycles. The van der Waals surface area contributed by atoms with Gasteiger partial charge < -0.3 is 0 Å². The molecule has 2 N–H and O–H groups in total. The molecule has 0 saturated carbocycles. The van der Waals surface area contributed by atoms with Crippen LogP contribution in [0, 0.1) is 20.8 Å². The van der Waals surface area contributed by atoms with Crippen molar-refractivity contribution in [1.29, 1.82) is 0 Å². The maximum absolute atomic E-state index is 12.2. The molecule has 0 aromatic heterocycles. The van der Waals surface area contributed by atoms with Crippen LogP contribution in [0.4, 0.5) is 0 Å². The Kier molecular flexibility index (Phi) is 4.90. The van der Waals surface area contributed by atoms with E-state index in [4.69, 9.17) is 0 Å². The summed E-state index contributed by atoms with van der Waals surface area (Å²) in [5, 5.41) is 0. The third-order valence-electron chi connectivity index (χ3n) is 3.43. The minimum Gasteiger partial charge on any atom is -0.206 e. The second-order valence-corrected chi connectivity index (χ2v) is 8.63. The number of aryl methyl sites for hydroxylation is 3. The van der Waals surface area contributed by atoms with Crippen molar-refractivity contribution in [2.75, 3.05) is 0 Å². The monoisotopic (exact) mass is 354 g/mol. The van der Waals surface area contributed by atoms with E-state index in [1.807, 2.05) is 23.5 Å². The first-order valence-electron chi connectivity index (χ1n) is 6.79. The normalized spacial score (nSPS) is 12.3. The van der Waals surface area contributed by atoms with Crippen molar-refractivity contribution in [2.45, 2.75) is 30.6 Å². The van der Waals surface area contributed by atoms with E-state index in [2.05, 4.69) is 0 Å². The number of hydrogen-bond donors (Lipinski definition) is 2. The van der Waals surface area contributed by atoms with Crippen LogP contribution >= 0.6 is 0 Å². The van der Waals surface area contributed by atoms with Crippen LogP contribution < -0.4 is 9.66 Å². The molecule has 0 radical (unpaired) electrons. The number of hydrogen-bond acceptors (Lipinski definition) is 4.